The molecule has 16 heavy (non-hydrogen) atoms. The van der Waals surface area contributed by atoms with Gasteiger partial charge < -0.3 is 9.30 Å². The van der Waals surface area contributed by atoms with Gasteiger partial charge in [-0.15, -0.1) is 0 Å². The van der Waals surface area contributed by atoms with E-state index in [0.29, 0.717) is 11.6 Å². The molecule has 2 aromatic rings. The Morgan fingerprint density at radius 3 is 2.94 bits per heavy atom. The van der Waals surface area contributed by atoms with Gasteiger partial charge in [-0.25, -0.2) is 4.98 Å². The van der Waals surface area contributed by atoms with Crippen molar-refractivity contribution in [1.29, 1.82) is 0 Å². The Morgan fingerprint density at radius 1 is 1.50 bits per heavy atom. The Labute approximate surface area is 107 Å². The van der Waals surface area contributed by atoms with E-state index in [2.05, 4.69) is 20.9 Å². The maximum Gasteiger partial charge on any atom is 0.177 e. The first kappa shape index (κ1) is 11.5. The Hall–Kier alpha value is -1.00. The van der Waals surface area contributed by atoms with E-state index in [1.54, 1.807) is 6.07 Å². The van der Waals surface area contributed by atoms with E-state index < -0.39 is 0 Å². The third-order valence-corrected chi connectivity index (χ3v) is 3.02. The number of halogens is 2. The SMILES string of the molecule is Cn1cc(COc2cccc(Cl)c2)nc1Br. The molecule has 3 nitrogen and oxygen atoms in total. The second kappa shape index (κ2) is 4.89. The van der Waals surface area contributed by atoms with Crippen LogP contribution in [0.1, 0.15) is 5.69 Å². The minimum absolute atomic E-state index is 0.430. The highest BCUT2D eigenvalue weighted by Gasteiger charge is 2.03. The molecule has 1 aromatic heterocycles. The lowest BCUT2D eigenvalue weighted by molar-refractivity contribution is 0.302. The maximum atomic E-state index is 5.85. The molecular weight excluding hydrogens is 291 g/mol. The van der Waals surface area contributed by atoms with Crippen LogP contribution in [0.5, 0.6) is 5.75 Å². The van der Waals surface area contributed by atoms with Crippen molar-refractivity contribution in [3.63, 3.8) is 0 Å². The molecule has 0 saturated carbocycles. The van der Waals surface area contributed by atoms with Crippen molar-refractivity contribution in [2.45, 2.75) is 6.61 Å². The molecule has 0 saturated heterocycles. The number of aromatic nitrogens is 2. The molecular formula is C11H10BrClN2O. The van der Waals surface area contributed by atoms with E-state index in [1.165, 1.54) is 0 Å². The minimum Gasteiger partial charge on any atom is -0.487 e. The molecule has 0 unspecified atom stereocenters. The van der Waals surface area contributed by atoms with Crippen molar-refractivity contribution in [3.05, 3.63) is 45.9 Å². The number of imidazole rings is 1. The van der Waals surface area contributed by atoms with Crippen LogP contribution in [0, 0.1) is 0 Å². The van der Waals surface area contributed by atoms with Crippen LogP contribution >= 0.6 is 27.5 Å². The summed E-state index contributed by atoms with van der Waals surface area (Å²) in [6, 6.07) is 7.31. The van der Waals surface area contributed by atoms with Crippen molar-refractivity contribution >= 4 is 27.5 Å². The molecule has 1 heterocycles. The number of benzene rings is 1. The summed E-state index contributed by atoms with van der Waals surface area (Å²) in [5.41, 5.74) is 0.870. The zero-order valence-corrected chi connectivity index (χ0v) is 11.0. The summed E-state index contributed by atoms with van der Waals surface area (Å²) >= 11 is 9.18. The molecule has 1 aromatic carbocycles. The molecule has 0 amide bonds. The van der Waals surface area contributed by atoms with Crippen LogP contribution in [0.4, 0.5) is 0 Å². The Balaban J connectivity index is 2.02. The summed E-state index contributed by atoms with van der Waals surface area (Å²) in [6.45, 7) is 0.430. The molecule has 0 radical (unpaired) electrons. The van der Waals surface area contributed by atoms with Gasteiger partial charge in [0.1, 0.15) is 12.4 Å². The Bertz CT molecular complexity index is 479. The van der Waals surface area contributed by atoms with E-state index in [-0.39, 0.29) is 0 Å². The monoisotopic (exact) mass is 300 g/mol. The topological polar surface area (TPSA) is 27.1 Å². The van der Waals surface area contributed by atoms with Crippen LogP contribution in [0.15, 0.2) is 35.2 Å². The van der Waals surface area contributed by atoms with Gasteiger partial charge in [-0.2, -0.15) is 0 Å². The van der Waals surface area contributed by atoms with Gasteiger partial charge in [0.2, 0.25) is 0 Å². The van der Waals surface area contributed by atoms with Gasteiger partial charge in [0.25, 0.3) is 0 Å². The third kappa shape index (κ3) is 2.77. The largest absolute Gasteiger partial charge is 0.487 e. The number of aryl methyl sites for hydroxylation is 1. The van der Waals surface area contributed by atoms with E-state index >= 15 is 0 Å². The molecule has 0 spiro atoms. The van der Waals surface area contributed by atoms with Gasteiger partial charge in [-0.1, -0.05) is 17.7 Å². The second-order valence-electron chi connectivity index (χ2n) is 3.36. The van der Waals surface area contributed by atoms with Crippen LogP contribution in [0.2, 0.25) is 5.02 Å². The predicted octanol–water partition coefficient (Wildman–Crippen LogP) is 3.42. The molecule has 0 bridgehead atoms. The number of ether oxygens (including phenoxy) is 1. The van der Waals surface area contributed by atoms with Gasteiger partial charge in [-0.3, -0.25) is 0 Å². The van der Waals surface area contributed by atoms with Crippen LogP contribution in [0.3, 0.4) is 0 Å². The maximum absolute atomic E-state index is 5.85. The second-order valence-corrected chi connectivity index (χ2v) is 4.50. The highest BCUT2D eigenvalue weighted by Crippen LogP contribution is 2.18. The molecule has 0 atom stereocenters. The average Bonchev–Trinajstić information content (AvgIpc) is 2.56. The quantitative estimate of drug-likeness (QED) is 0.868. The molecule has 0 N–H and O–H groups in total. The molecule has 0 fully saturated rings. The summed E-state index contributed by atoms with van der Waals surface area (Å²) in [5.74, 6) is 0.745. The normalized spacial score (nSPS) is 10.4. The number of nitrogens with zero attached hydrogens (tertiary/aromatic N) is 2. The third-order valence-electron chi connectivity index (χ3n) is 2.05. The number of hydrogen-bond acceptors (Lipinski definition) is 2. The molecule has 0 aliphatic carbocycles. The average molecular weight is 302 g/mol. The van der Waals surface area contributed by atoms with Gasteiger partial charge in [0, 0.05) is 18.3 Å². The zero-order chi connectivity index (χ0) is 11.5. The van der Waals surface area contributed by atoms with Crippen molar-refractivity contribution in [2.75, 3.05) is 0 Å². The lowest BCUT2D eigenvalue weighted by Gasteiger charge is -2.03. The first-order valence-electron chi connectivity index (χ1n) is 4.71. The van der Waals surface area contributed by atoms with E-state index in [9.17, 15) is 0 Å². The molecule has 2 rings (SSSR count). The van der Waals surface area contributed by atoms with E-state index in [4.69, 9.17) is 16.3 Å². The van der Waals surface area contributed by atoms with Crippen molar-refractivity contribution < 1.29 is 4.74 Å². The minimum atomic E-state index is 0.430. The highest BCUT2D eigenvalue weighted by molar-refractivity contribution is 9.10. The van der Waals surface area contributed by atoms with Crippen molar-refractivity contribution in [1.82, 2.24) is 9.55 Å². The summed E-state index contributed by atoms with van der Waals surface area (Å²) in [5, 5.41) is 0.666. The summed E-state index contributed by atoms with van der Waals surface area (Å²) in [4.78, 5) is 4.27. The van der Waals surface area contributed by atoms with Gasteiger partial charge >= 0.3 is 0 Å². The summed E-state index contributed by atoms with van der Waals surface area (Å²) in [6.07, 6.45) is 1.91. The Kier molecular flexibility index (Phi) is 3.51. The smallest absolute Gasteiger partial charge is 0.177 e. The fourth-order valence-corrected chi connectivity index (χ4v) is 1.80. The first-order valence-corrected chi connectivity index (χ1v) is 5.88. The first-order chi connectivity index (χ1) is 7.65. The molecule has 5 heteroatoms. The van der Waals surface area contributed by atoms with Gasteiger partial charge in [0.15, 0.2) is 4.73 Å². The number of rotatable bonds is 3. The molecule has 84 valence electrons. The van der Waals surface area contributed by atoms with Crippen LogP contribution in [-0.4, -0.2) is 9.55 Å². The lowest BCUT2D eigenvalue weighted by Crippen LogP contribution is -1.95. The highest BCUT2D eigenvalue weighted by atomic mass is 79.9. The summed E-state index contributed by atoms with van der Waals surface area (Å²) < 4.78 is 8.23. The van der Waals surface area contributed by atoms with Gasteiger partial charge in [-0.05, 0) is 34.1 Å². The van der Waals surface area contributed by atoms with Crippen LogP contribution in [0.25, 0.3) is 0 Å². The lowest BCUT2D eigenvalue weighted by atomic mass is 10.3. The Morgan fingerprint density at radius 2 is 2.31 bits per heavy atom. The zero-order valence-electron chi connectivity index (χ0n) is 8.65. The fraction of sp³-hybridized carbons (Fsp3) is 0.182. The summed E-state index contributed by atoms with van der Waals surface area (Å²) in [7, 11) is 1.92. The standard InChI is InChI=1S/C11H10BrClN2O/c1-15-6-9(14-11(15)12)7-16-10-4-2-3-8(13)5-10/h2-6H,7H2,1H3. The van der Waals surface area contributed by atoms with Crippen LogP contribution < -0.4 is 4.74 Å². The molecule has 0 aliphatic rings. The molecule has 0 aliphatic heterocycles. The number of hydrogen-bond donors (Lipinski definition) is 0. The van der Waals surface area contributed by atoms with Gasteiger partial charge in [0.05, 0.1) is 5.69 Å². The van der Waals surface area contributed by atoms with E-state index in [0.717, 1.165) is 16.2 Å². The predicted molar refractivity (Wildman–Crippen MR) is 66.7 cm³/mol. The van der Waals surface area contributed by atoms with Crippen molar-refractivity contribution in [2.24, 2.45) is 7.05 Å². The fourth-order valence-electron chi connectivity index (χ4n) is 1.29. The van der Waals surface area contributed by atoms with Crippen LogP contribution in [-0.2, 0) is 13.7 Å². The van der Waals surface area contributed by atoms with Crippen molar-refractivity contribution in [3.8, 4) is 5.75 Å². The van der Waals surface area contributed by atoms with E-state index in [1.807, 2.05) is 36.0 Å².